The number of nitrogens with zero attached hydrogens (tertiary/aromatic N) is 2. The van der Waals surface area contributed by atoms with E-state index in [-0.39, 0.29) is 11.9 Å². The van der Waals surface area contributed by atoms with Gasteiger partial charge in [-0.15, -0.1) is 0 Å². The molecule has 0 aliphatic carbocycles. The van der Waals surface area contributed by atoms with Crippen molar-refractivity contribution in [1.29, 1.82) is 0 Å². The first-order valence-corrected chi connectivity index (χ1v) is 9.45. The van der Waals surface area contributed by atoms with Crippen molar-refractivity contribution in [3.63, 3.8) is 0 Å². The van der Waals surface area contributed by atoms with Crippen molar-refractivity contribution in [2.45, 2.75) is 19.4 Å². The van der Waals surface area contributed by atoms with Crippen LogP contribution in [0.2, 0.25) is 0 Å². The first-order chi connectivity index (χ1) is 13.6. The molecule has 1 fully saturated rings. The minimum Gasteiger partial charge on any atom is -0.497 e. The molecular formula is C22H24N4O2. The van der Waals surface area contributed by atoms with Gasteiger partial charge in [-0.1, -0.05) is 17.7 Å². The van der Waals surface area contributed by atoms with Gasteiger partial charge in [0.05, 0.1) is 12.8 Å². The van der Waals surface area contributed by atoms with Crippen LogP contribution >= 0.6 is 0 Å². The minimum absolute atomic E-state index is 0.0171. The van der Waals surface area contributed by atoms with E-state index in [1.165, 1.54) is 0 Å². The molecule has 0 bridgehead atoms. The zero-order valence-corrected chi connectivity index (χ0v) is 16.1. The van der Waals surface area contributed by atoms with Crippen molar-refractivity contribution < 1.29 is 9.53 Å². The van der Waals surface area contributed by atoms with Crippen LogP contribution in [0.4, 0.5) is 5.82 Å². The second-order valence-electron chi connectivity index (χ2n) is 7.14. The average molecular weight is 376 g/mol. The van der Waals surface area contributed by atoms with Crippen molar-refractivity contribution in [2.75, 3.05) is 25.1 Å². The number of nitrogens with one attached hydrogen (secondary N) is 2. The molecule has 3 aromatic rings. The van der Waals surface area contributed by atoms with Crippen LogP contribution in [-0.4, -0.2) is 42.3 Å². The molecule has 1 aromatic heterocycles. The maximum atomic E-state index is 12.5. The molecule has 1 atom stereocenters. The van der Waals surface area contributed by atoms with E-state index in [0.29, 0.717) is 5.56 Å². The minimum atomic E-state index is -0.0171. The predicted molar refractivity (Wildman–Crippen MR) is 110 cm³/mol. The molecule has 0 saturated carbocycles. The lowest BCUT2D eigenvalue weighted by molar-refractivity contribution is 0.0940. The van der Waals surface area contributed by atoms with Crippen molar-refractivity contribution in [3.8, 4) is 17.0 Å². The summed E-state index contributed by atoms with van der Waals surface area (Å²) in [6, 6.07) is 17.7. The van der Waals surface area contributed by atoms with E-state index in [0.717, 1.165) is 47.9 Å². The number of benzene rings is 2. The Hall–Kier alpha value is -3.28. The third-order valence-electron chi connectivity index (χ3n) is 5.09. The van der Waals surface area contributed by atoms with Crippen molar-refractivity contribution in [2.24, 2.45) is 0 Å². The van der Waals surface area contributed by atoms with Gasteiger partial charge in [-0.05, 0) is 55.3 Å². The van der Waals surface area contributed by atoms with Crippen molar-refractivity contribution in [1.82, 2.24) is 15.5 Å². The Balaban J connectivity index is 1.39. The van der Waals surface area contributed by atoms with Gasteiger partial charge in [0, 0.05) is 30.8 Å². The van der Waals surface area contributed by atoms with Crippen LogP contribution < -0.4 is 15.0 Å². The topological polar surface area (TPSA) is 70.2 Å². The lowest BCUT2D eigenvalue weighted by atomic mass is 10.1. The number of carbonyl (C=O) groups is 1. The number of H-pyrrole nitrogens is 1. The summed E-state index contributed by atoms with van der Waals surface area (Å²) in [5, 5.41) is 10.7. The second kappa shape index (κ2) is 7.76. The van der Waals surface area contributed by atoms with Crippen LogP contribution in [0.15, 0.2) is 54.6 Å². The average Bonchev–Trinajstić information content (AvgIpc) is 3.37. The van der Waals surface area contributed by atoms with E-state index in [1.54, 1.807) is 7.11 Å². The largest absolute Gasteiger partial charge is 0.497 e. The number of amides is 1. The van der Waals surface area contributed by atoms with E-state index in [4.69, 9.17) is 4.74 Å². The number of aryl methyl sites for hydroxylation is 1. The molecule has 28 heavy (non-hydrogen) atoms. The summed E-state index contributed by atoms with van der Waals surface area (Å²) in [6.45, 7) is 3.61. The molecule has 6 nitrogen and oxygen atoms in total. The molecule has 1 aliphatic heterocycles. The highest BCUT2D eigenvalue weighted by Crippen LogP contribution is 2.26. The summed E-state index contributed by atoms with van der Waals surface area (Å²) in [4.78, 5) is 14.7. The van der Waals surface area contributed by atoms with Gasteiger partial charge in [-0.2, -0.15) is 5.10 Å². The van der Waals surface area contributed by atoms with Crippen molar-refractivity contribution in [3.05, 3.63) is 65.7 Å². The zero-order chi connectivity index (χ0) is 19.5. The number of aromatic amines is 1. The monoisotopic (exact) mass is 376 g/mol. The fraction of sp³-hybridized carbons (Fsp3) is 0.273. The Morgan fingerprint density at radius 1 is 1.21 bits per heavy atom. The van der Waals surface area contributed by atoms with Crippen LogP contribution in [0.1, 0.15) is 22.3 Å². The highest BCUT2D eigenvalue weighted by molar-refractivity contribution is 5.94. The molecule has 1 amide bonds. The van der Waals surface area contributed by atoms with E-state index >= 15 is 0 Å². The number of rotatable bonds is 5. The van der Waals surface area contributed by atoms with Crippen LogP contribution in [0.3, 0.4) is 0 Å². The van der Waals surface area contributed by atoms with E-state index in [1.807, 2.05) is 61.5 Å². The standard InChI is InChI=1S/C22H24N4O2/c1-15-4-3-5-17(12-15)22(27)23-18-10-11-26(14-18)21-13-20(24-25-21)16-6-8-19(28-2)9-7-16/h3-9,12-13,18H,10-11,14H2,1-2H3,(H,23,27)(H,24,25)/t18-/m0/s1. The van der Waals surface area contributed by atoms with Gasteiger partial charge in [0.15, 0.2) is 5.82 Å². The molecule has 2 N–H and O–H groups in total. The summed E-state index contributed by atoms with van der Waals surface area (Å²) in [5.41, 5.74) is 3.82. The van der Waals surface area contributed by atoms with Gasteiger partial charge < -0.3 is 15.0 Å². The Morgan fingerprint density at radius 2 is 2.04 bits per heavy atom. The number of hydrogen-bond acceptors (Lipinski definition) is 4. The Bertz CT molecular complexity index is 965. The molecule has 144 valence electrons. The van der Waals surface area contributed by atoms with Gasteiger partial charge in [0.2, 0.25) is 0 Å². The number of methoxy groups -OCH3 is 1. The summed E-state index contributed by atoms with van der Waals surface area (Å²) >= 11 is 0. The van der Waals surface area contributed by atoms with Gasteiger partial charge in [-0.25, -0.2) is 0 Å². The van der Waals surface area contributed by atoms with E-state index < -0.39 is 0 Å². The summed E-state index contributed by atoms with van der Waals surface area (Å²) in [5.74, 6) is 1.71. The van der Waals surface area contributed by atoms with Gasteiger partial charge in [0.1, 0.15) is 5.75 Å². The van der Waals surface area contributed by atoms with Crippen LogP contribution in [-0.2, 0) is 0 Å². The van der Waals surface area contributed by atoms with Gasteiger partial charge in [0.25, 0.3) is 5.91 Å². The maximum Gasteiger partial charge on any atom is 0.251 e. The molecule has 6 heteroatoms. The molecule has 0 spiro atoms. The first kappa shape index (κ1) is 18.1. The normalized spacial score (nSPS) is 16.2. The number of anilines is 1. The van der Waals surface area contributed by atoms with Gasteiger partial charge >= 0.3 is 0 Å². The van der Waals surface area contributed by atoms with Gasteiger partial charge in [-0.3, -0.25) is 9.89 Å². The number of aromatic nitrogens is 2. The fourth-order valence-electron chi connectivity index (χ4n) is 3.53. The highest BCUT2D eigenvalue weighted by atomic mass is 16.5. The Labute approximate surface area is 164 Å². The summed E-state index contributed by atoms with van der Waals surface area (Å²) in [7, 11) is 1.66. The quantitative estimate of drug-likeness (QED) is 0.716. The fourth-order valence-corrected chi connectivity index (χ4v) is 3.53. The lowest BCUT2D eigenvalue weighted by Gasteiger charge is -2.16. The Kier molecular flexibility index (Phi) is 5.02. The SMILES string of the molecule is COc1ccc(-c2cc(N3CC[C@H](NC(=O)c4cccc(C)c4)C3)n[nH]2)cc1. The van der Waals surface area contributed by atoms with Crippen LogP contribution in [0.5, 0.6) is 5.75 Å². The predicted octanol–water partition coefficient (Wildman–Crippen LogP) is 3.40. The maximum absolute atomic E-state index is 12.5. The molecule has 1 saturated heterocycles. The molecule has 2 heterocycles. The Morgan fingerprint density at radius 3 is 2.79 bits per heavy atom. The van der Waals surface area contributed by atoms with Crippen LogP contribution in [0, 0.1) is 6.92 Å². The molecule has 0 radical (unpaired) electrons. The van der Waals surface area contributed by atoms with Crippen LogP contribution in [0.25, 0.3) is 11.3 Å². The first-order valence-electron chi connectivity index (χ1n) is 9.45. The lowest BCUT2D eigenvalue weighted by Crippen LogP contribution is -2.37. The second-order valence-corrected chi connectivity index (χ2v) is 7.14. The molecule has 2 aromatic carbocycles. The number of hydrogen-bond donors (Lipinski definition) is 2. The summed E-state index contributed by atoms with van der Waals surface area (Å²) < 4.78 is 5.20. The molecular weight excluding hydrogens is 352 g/mol. The molecule has 4 rings (SSSR count). The van der Waals surface area contributed by atoms with E-state index in [2.05, 4.69) is 20.4 Å². The summed E-state index contributed by atoms with van der Waals surface area (Å²) in [6.07, 6.45) is 0.905. The van der Waals surface area contributed by atoms with Crippen molar-refractivity contribution >= 4 is 11.7 Å². The third kappa shape index (κ3) is 3.86. The smallest absolute Gasteiger partial charge is 0.251 e. The molecule has 0 unspecified atom stereocenters. The third-order valence-corrected chi connectivity index (χ3v) is 5.09. The molecule has 1 aliphatic rings. The number of carbonyl (C=O) groups excluding carboxylic acids is 1. The van der Waals surface area contributed by atoms with E-state index in [9.17, 15) is 4.79 Å². The zero-order valence-electron chi connectivity index (χ0n) is 16.1. The number of ether oxygens (including phenoxy) is 1. The highest BCUT2D eigenvalue weighted by Gasteiger charge is 2.26.